The first-order valence-corrected chi connectivity index (χ1v) is 13.0. The minimum absolute atomic E-state index is 0.0743. The Labute approximate surface area is 209 Å². The summed E-state index contributed by atoms with van der Waals surface area (Å²) in [7, 11) is 0. The zero-order valence-electron chi connectivity index (χ0n) is 19.8. The van der Waals surface area contributed by atoms with Gasteiger partial charge in [-0.25, -0.2) is 0 Å². The number of amides is 2. The van der Waals surface area contributed by atoms with Crippen molar-refractivity contribution in [3.63, 3.8) is 0 Å². The van der Waals surface area contributed by atoms with Crippen LogP contribution in [0, 0.1) is 6.92 Å². The van der Waals surface area contributed by atoms with Gasteiger partial charge in [0, 0.05) is 10.9 Å². The Morgan fingerprint density at radius 2 is 1.86 bits per heavy atom. The van der Waals surface area contributed by atoms with E-state index in [0.717, 1.165) is 30.6 Å². The monoisotopic (exact) mass is 494 g/mol. The molecule has 3 aromatic rings. The number of furan rings is 1. The van der Waals surface area contributed by atoms with Crippen LogP contribution >= 0.6 is 11.3 Å². The predicted molar refractivity (Wildman–Crippen MR) is 132 cm³/mol. The Hall–Kier alpha value is -3.26. The highest BCUT2D eigenvalue weighted by molar-refractivity contribution is 7.09. The maximum Gasteiger partial charge on any atom is 0.268 e. The van der Waals surface area contributed by atoms with E-state index in [4.69, 9.17) is 13.9 Å². The van der Waals surface area contributed by atoms with Crippen LogP contribution in [0.15, 0.2) is 58.3 Å². The molecule has 7 nitrogen and oxygen atoms in total. The van der Waals surface area contributed by atoms with Crippen molar-refractivity contribution in [2.24, 2.45) is 0 Å². The lowest BCUT2D eigenvalue weighted by Crippen LogP contribution is -2.51. The first-order chi connectivity index (χ1) is 17.1. The average molecular weight is 495 g/mol. The van der Waals surface area contributed by atoms with Gasteiger partial charge in [0.1, 0.15) is 18.1 Å². The fourth-order valence-electron chi connectivity index (χ4n) is 4.74. The third kappa shape index (κ3) is 5.37. The Morgan fingerprint density at radius 1 is 1.06 bits per heavy atom. The van der Waals surface area contributed by atoms with Gasteiger partial charge in [-0.05, 0) is 55.5 Å². The molecular formula is C27H30N2O5S. The highest BCUT2D eigenvalue weighted by Gasteiger charge is 2.40. The van der Waals surface area contributed by atoms with Gasteiger partial charge in [0.2, 0.25) is 6.10 Å². The quantitative estimate of drug-likeness (QED) is 0.500. The number of rotatable bonds is 7. The van der Waals surface area contributed by atoms with Crippen molar-refractivity contribution in [2.45, 2.75) is 63.8 Å². The summed E-state index contributed by atoms with van der Waals surface area (Å²) in [5.74, 6) is 1.71. The van der Waals surface area contributed by atoms with Crippen LogP contribution < -0.4 is 14.8 Å². The second-order valence-corrected chi connectivity index (χ2v) is 10.1. The van der Waals surface area contributed by atoms with Crippen LogP contribution in [0.4, 0.5) is 0 Å². The molecule has 1 aliphatic heterocycles. The highest BCUT2D eigenvalue weighted by Crippen LogP contribution is 2.34. The number of nitrogens with zero attached hydrogens (tertiary/aromatic N) is 1. The Bertz CT molecular complexity index is 1150. The summed E-state index contributed by atoms with van der Waals surface area (Å²) in [4.78, 5) is 30.2. The van der Waals surface area contributed by atoms with E-state index in [1.807, 2.05) is 48.7 Å². The number of carbonyl (C=O) groups excluding carboxylic acids is 2. The molecule has 0 unspecified atom stereocenters. The lowest BCUT2D eigenvalue weighted by Gasteiger charge is -2.35. The fraction of sp³-hybridized carbons (Fsp3) is 0.407. The summed E-state index contributed by atoms with van der Waals surface area (Å²) >= 11 is 1.54. The molecule has 1 saturated carbocycles. The third-order valence-electron chi connectivity index (χ3n) is 6.52. The largest absolute Gasteiger partial charge is 0.485 e. The number of ether oxygens (including phenoxy) is 2. The molecule has 0 saturated heterocycles. The Morgan fingerprint density at radius 3 is 2.57 bits per heavy atom. The van der Waals surface area contributed by atoms with Gasteiger partial charge in [0.15, 0.2) is 17.5 Å². The van der Waals surface area contributed by atoms with Crippen molar-refractivity contribution >= 4 is 23.2 Å². The van der Waals surface area contributed by atoms with E-state index in [0.29, 0.717) is 23.0 Å². The smallest absolute Gasteiger partial charge is 0.268 e. The molecule has 0 spiro atoms. The standard InChI is InChI=1S/C27H30N2O5S/c1-18-13-14-23(33-18)25(26(30)28-19-8-3-2-4-9-19)29(16-20-10-7-15-35-20)27(31)24-17-32-21-11-5-6-12-22(21)34-24/h5-7,10-15,19,24-25H,2-4,8-9,16-17H2,1H3,(H,28,30)/t24-,25+/m0/s1. The molecule has 1 N–H and O–H groups in total. The number of carbonyl (C=O) groups is 2. The molecule has 184 valence electrons. The van der Waals surface area contributed by atoms with Crippen molar-refractivity contribution in [3.05, 3.63) is 70.3 Å². The van der Waals surface area contributed by atoms with Crippen LogP contribution in [0.2, 0.25) is 0 Å². The van der Waals surface area contributed by atoms with Crippen LogP contribution in [-0.2, 0) is 16.1 Å². The van der Waals surface area contributed by atoms with Crippen LogP contribution in [-0.4, -0.2) is 35.5 Å². The minimum atomic E-state index is -0.916. The van der Waals surface area contributed by atoms with Crippen LogP contribution in [0.25, 0.3) is 0 Å². The van der Waals surface area contributed by atoms with Crippen molar-refractivity contribution in [2.75, 3.05) is 6.61 Å². The number of hydrogen-bond donors (Lipinski definition) is 1. The zero-order valence-corrected chi connectivity index (χ0v) is 20.6. The van der Waals surface area contributed by atoms with E-state index < -0.39 is 12.1 Å². The summed E-state index contributed by atoms with van der Waals surface area (Å²) in [6, 6.07) is 14.0. The second kappa shape index (κ2) is 10.6. The number of hydrogen-bond acceptors (Lipinski definition) is 6. The number of aryl methyl sites for hydroxylation is 1. The van der Waals surface area contributed by atoms with E-state index in [2.05, 4.69) is 5.32 Å². The summed E-state index contributed by atoms with van der Waals surface area (Å²) in [5, 5.41) is 5.16. The molecule has 2 atom stereocenters. The summed E-state index contributed by atoms with van der Waals surface area (Å²) < 4.78 is 17.8. The van der Waals surface area contributed by atoms with Gasteiger partial charge in [-0.2, -0.15) is 0 Å². The first kappa shape index (κ1) is 23.5. The summed E-state index contributed by atoms with van der Waals surface area (Å²) in [5.41, 5.74) is 0. The van der Waals surface area contributed by atoms with Crippen molar-refractivity contribution in [1.82, 2.24) is 10.2 Å². The van der Waals surface area contributed by atoms with E-state index in [9.17, 15) is 9.59 Å². The minimum Gasteiger partial charge on any atom is -0.485 e. The predicted octanol–water partition coefficient (Wildman–Crippen LogP) is 5.01. The number of fused-ring (bicyclic) bond motifs is 1. The number of benzene rings is 1. The Kier molecular flexibility index (Phi) is 7.08. The molecule has 0 bridgehead atoms. The molecule has 2 aromatic heterocycles. The lowest BCUT2D eigenvalue weighted by molar-refractivity contribution is -0.150. The van der Waals surface area contributed by atoms with Crippen LogP contribution in [0.3, 0.4) is 0 Å². The normalized spacial score (nSPS) is 18.6. The molecule has 3 heterocycles. The molecule has 2 amide bonds. The van der Waals surface area contributed by atoms with E-state index in [1.54, 1.807) is 28.4 Å². The zero-order chi connectivity index (χ0) is 24.2. The molecule has 0 radical (unpaired) electrons. The van der Waals surface area contributed by atoms with Crippen LogP contribution in [0.5, 0.6) is 11.5 Å². The summed E-state index contributed by atoms with van der Waals surface area (Å²) in [6.07, 6.45) is 4.41. The number of nitrogens with one attached hydrogen (secondary N) is 1. The molecule has 35 heavy (non-hydrogen) atoms. The third-order valence-corrected chi connectivity index (χ3v) is 7.38. The maximum absolute atomic E-state index is 14.0. The van der Waals surface area contributed by atoms with Gasteiger partial charge in [-0.1, -0.05) is 37.5 Å². The molecule has 1 aromatic carbocycles. The van der Waals surface area contributed by atoms with E-state index >= 15 is 0 Å². The van der Waals surface area contributed by atoms with Gasteiger partial charge in [-0.15, -0.1) is 11.3 Å². The van der Waals surface area contributed by atoms with Crippen molar-refractivity contribution < 1.29 is 23.5 Å². The molecular weight excluding hydrogens is 464 g/mol. The van der Waals surface area contributed by atoms with Gasteiger partial charge in [-0.3, -0.25) is 9.59 Å². The topological polar surface area (TPSA) is 81.0 Å². The van der Waals surface area contributed by atoms with Crippen LogP contribution in [0.1, 0.15) is 54.5 Å². The van der Waals surface area contributed by atoms with Crippen molar-refractivity contribution in [1.29, 1.82) is 0 Å². The molecule has 8 heteroatoms. The SMILES string of the molecule is Cc1ccc([C@H](C(=O)NC2CCCCC2)N(Cc2cccs2)C(=O)[C@@H]2COc3ccccc3O2)o1. The maximum atomic E-state index is 14.0. The summed E-state index contributed by atoms with van der Waals surface area (Å²) in [6.45, 7) is 2.17. The number of thiophene rings is 1. The molecule has 2 aliphatic rings. The number of para-hydroxylation sites is 2. The average Bonchev–Trinajstić information content (AvgIpc) is 3.55. The van der Waals surface area contributed by atoms with E-state index in [1.165, 1.54) is 6.42 Å². The highest BCUT2D eigenvalue weighted by atomic mass is 32.1. The lowest BCUT2D eigenvalue weighted by atomic mass is 9.95. The second-order valence-electron chi connectivity index (χ2n) is 9.10. The van der Waals surface area contributed by atoms with E-state index in [-0.39, 0.29) is 31.0 Å². The van der Waals surface area contributed by atoms with Gasteiger partial charge in [0.25, 0.3) is 11.8 Å². The fourth-order valence-corrected chi connectivity index (χ4v) is 5.45. The molecule has 1 aliphatic carbocycles. The van der Waals surface area contributed by atoms with Crippen molar-refractivity contribution in [3.8, 4) is 11.5 Å². The molecule has 1 fully saturated rings. The van der Waals surface area contributed by atoms with Gasteiger partial charge >= 0.3 is 0 Å². The van der Waals surface area contributed by atoms with Gasteiger partial charge < -0.3 is 24.1 Å². The van der Waals surface area contributed by atoms with Gasteiger partial charge in [0.05, 0.1) is 6.54 Å². The first-order valence-electron chi connectivity index (χ1n) is 12.2. The molecule has 5 rings (SSSR count). The Balaban J connectivity index is 1.46.